The molecule has 2 heterocycles. The predicted molar refractivity (Wildman–Crippen MR) is 80.3 cm³/mol. The molecule has 0 radical (unpaired) electrons. The second-order valence-corrected chi connectivity index (χ2v) is 5.20. The van der Waals surface area contributed by atoms with Crippen LogP contribution in [-0.2, 0) is 12.8 Å². The van der Waals surface area contributed by atoms with E-state index in [4.69, 9.17) is 4.74 Å². The van der Waals surface area contributed by atoms with Gasteiger partial charge in [0.25, 0.3) is 0 Å². The topological polar surface area (TPSA) is 63.7 Å². The van der Waals surface area contributed by atoms with E-state index < -0.39 is 0 Å². The van der Waals surface area contributed by atoms with Crippen molar-refractivity contribution in [1.82, 2.24) is 19.9 Å². The van der Waals surface area contributed by atoms with Crippen molar-refractivity contribution in [3.63, 3.8) is 0 Å². The van der Waals surface area contributed by atoms with Crippen LogP contribution < -0.4 is 4.74 Å². The van der Waals surface area contributed by atoms with Gasteiger partial charge in [0, 0.05) is 5.56 Å². The summed E-state index contributed by atoms with van der Waals surface area (Å²) in [4.78, 5) is 16.1. The maximum atomic E-state index is 5.75. The van der Waals surface area contributed by atoms with E-state index in [1.807, 2.05) is 6.92 Å². The van der Waals surface area contributed by atoms with Crippen molar-refractivity contribution < 1.29 is 4.74 Å². The molecule has 4 rings (SSSR count). The van der Waals surface area contributed by atoms with Crippen LogP contribution in [-0.4, -0.2) is 26.5 Å². The second kappa shape index (κ2) is 4.84. The van der Waals surface area contributed by atoms with Crippen LogP contribution in [0, 0.1) is 0 Å². The van der Waals surface area contributed by atoms with Crippen LogP contribution in [0.5, 0.6) is 5.75 Å². The number of nitrogens with zero attached hydrogens (tertiary/aromatic N) is 3. The number of aromatic nitrogens is 4. The highest BCUT2D eigenvalue weighted by Gasteiger charge is 2.21. The molecule has 106 valence electrons. The number of imidazole rings is 1. The Morgan fingerprint density at radius 1 is 1.24 bits per heavy atom. The lowest BCUT2D eigenvalue weighted by Crippen LogP contribution is -1.98. The Balaban J connectivity index is 1.87. The summed E-state index contributed by atoms with van der Waals surface area (Å²) in [6.07, 6.45) is 6.60. The lowest BCUT2D eigenvalue weighted by atomic mass is 10.0. The third-order valence-electron chi connectivity index (χ3n) is 3.96. The maximum absolute atomic E-state index is 5.75. The van der Waals surface area contributed by atoms with Gasteiger partial charge in [0.2, 0.25) is 0 Å². The normalized spacial score (nSPS) is 13.6. The van der Waals surface area contributed by atoms with E-state index in [2.05, 4.69) is 32.1 Å². The maximum Gasteiger partial charge on any atom is 0.161 e. The van der Waals surface area contributed by atoms with Gasteiger partial charge in [-0.3, -0.25) is 0 Å². The Bertz CT molecular complexity index is 776. The van der Waals surface area contributed by atoms with Crippen LogP contribution >= 0.6 is 0 Å². The summed E-state index contributed by atoms with van der Waals surface area (Å²) >= 11 is 0. The lowest BCUT2D eigenvalue weighted by molar-refractivity contribution is 0.337. The summed E-state index contributed by atoms with van der Waals surface area (Å²) in [5.41, 5.74) is 5.42. The number of ether oxygens (including phenoxy) is 1. The van der Waals surface area contributed by atoms with Gasteiger partial charge >= 0.3 is 0 Å². The highest BCUT2D eigenvalue weighted by atomic mass is 16.5. The Hall–Kier alpha value is -2.43. The molecule has 0 saturated carbocycles. The van der Waals surface area contributed by atoms with Crippen LogP contribution in [0.25, 0.3) is 22.6 Å². The highest BCUT2D eigenvalue weighted by Crippen LogP contribution is 2.37. The summed E-state index contributed by atoms with van der Waals surface area (Å²) in [5, 5.41) is 0. The fraction of sp³-hybridized carbons (Fsp3) is 0.312. The van der Waals surface area contributed by atoms with Crippen molar-refractivity contribution >= 4 is 11.2 Å². The quantitative estimate of drug-likeness (QED) is 0.801. The monoisotopic (exact) mass is 280 g/mol. The first-order chi connectivity index (χ1) is 10.4. The van der Waals surface area contributed by atoms with Crippen molar-refractivity contribution in [1.29, 1.82) is 0 Å². The molecule has 0 saturated heterocycles. The van der Waals surface area contributed by atoms with Gasteiger partial charge in [-0.05, 0) is 49.4 Å². The molecule has 0 atom stereocenters. The van der Waals surface area contributed by atoms with E-state index >= 15 is 0 Å². The largest absolute Gasteiger partial charge is 0.494 e. The summed E-state index contributed by atoms with van der Waals surface area (Å²) in [6, 6.07) is 4.15. The SMILES string of the molecule is CCOc1ccc(-c2nc3cncnc3[nH]2)c2c1CCC2. The van der Waals surface area contributed by atoms with Crippen LogP contribution in [0.1, 0.15) is 24.5 Å². The number of hydrogen-bond donors (Lipinski definition) is 1. The van der Waals surface area contributed by atoms with Crippen molar-refractivity contribution in [3.05, 3.63) is 35.8 Å². The van der Waals surface area contributed by atoms with Gasteiger partial charge in [-0.2, -0.15) is 0 Å². The molecule has 2 aromatic heterocycles. The molecule has 5 nitrogen and oxygen atoms in total. The molecule has 0 spiro atoms. The minimum atomic E-state index is 0.700. The smallest absolute Gasteiger partial charge is 0.161 e. The lowest BCUT2D eigenvalue weighted by Gasteiger charge is -2.12. The number of aromatic amines is 1. The zero-order chi connectivity index (χ0) is 14.2. The molecule has 0 aliphatic heterocycles. The van der Waals surface area contributed by atoms with Crippen LogP contribution in [0.2, 0.25) is 0 Å². The number of H-pyrrole nitrogens is 1. The Labute approximate surface area is 122 Å². The standard InChI is InChI=1S/C16H16N4O/c1-2-21-14-7-6-12(10-4-3-5-11(10)14)15-19-13-8-17-9-18-16(13)20-15/h6-9H,2-5H2,1H3,(H,17,18,19,20). The third-order valence-corrected chi connectivity index (χ3v) is 3.96. The molecular formula is C16H16N4O. The summed E-state index contributed by atoms with van der Waals surface area (Å²) in [5.74, 6) is 1.89. The molecule has 3 aromatic rings. The Morgan fingerprint density at radius 2 is 2.14 bits per heavy atom. The van der Waals surface area contributed by atoms with Crippen molar-refractivity contribution in [2.75, 3.05) is 6.61 Å². The van der Waals surface area contributed by atoms with E-state index in [0.29, 0.717) is 6.61 Å². The van der Waals surface area contributed by atoms with Gasteiger partial charge in [-0.15, -0.1) is 0 Å². The van der Waals surface area contributed by atoms with Gasteiger partial charge in [0.1, 0.15) is 23.4 Å². The van der Waals surface area contributed by atoms with Crippen molar-refractivity contribution in [3.8, 4) is 17.1 Å². The first-order valence-electron chi connectivity index (χ1n) is 7.30. The van der Waals surface area contributed by atoms with Crippen LogP contribution in [0.15, 0.2) is 24.7 Å². The van der Waals surface area contributed by atoms with Crippen molar-refractivity contribution in [2.24, 2.45) is 0 Å². The van der Waals surface area contributed by atoms with Gasteiger partial charge in [-0.1, -0.05) is 0 Å². The third kappa shape index (κ3) is 1.96. The fourth-order valence-corrected chi connectivity index (χ4v) is 3.07. The van der Waals surface area contributed by atoms with Crippen LogP contribution in [0.4, 0.5) is 0 Å². The van der Waals surface area contributed by atoms with Gasteiger partial charge < -0.3 is 9.72 Å². The summed E-state index contributed by atoms with van der Waals surface area (Å²) in [6.45, 7) is 2.72. The molecule has 0 unspecified atom stereocenters. The van der Waals surface area contributed by atoms with Gasteiger partial charge in [0.15, 0.2) is 5.65 Å². The summed E-state index contributed by atoms with van der Waals surface area (Å²) in [7, 11) is 0. The predicted octanol–water partition coefficient (Wildman–Crippen LogP) is 2.91. The number of rotatable bonds is 3. The number of fused-ring (bicyclic) bond motifs is 2. The summed E-state index contributed by atoms with van der Waals surface area (Å²) < 4.78 is 5.75. The van der Waals surface area contributed by atoms with Gasteiger partial charge in [0.05, 0.1) is 12.8 Å². The zero-order valence-electron chi connectivity index (χ0n) is 11.9. The number of hydrogen-bond acceptors (Lipinski definition) is 4. The fourth-order valence-electron chi connectivity index (χ4n) is 3.07. The molecule has 0 bridgehead atoms. The van der Waals surface area contributed by atoms with E-state index in [-0.39, 0.29) is 0 Å². The second-order valence-electron chi connectivity index (χ2n) is 5.20. The molecular weight excluding hydrogens is 264 g/mol. The first kappa shape index (κ1) is 12.3. The van der Waals surface area contributed by atoms with E-state index in [0.717, 1.165) is 41.1 Å². The molecule has 1 aliphatic carbocycles. The molecule has 1 aliphatic rings. The Kier molecular flexibility index (Phi) is 2.84. The zero-order valence-corrected chi connectivity index (χ0v) is 11.9. The first-order valence-corrected chi connectivity index (χ1v) is 7.30. The molecule has 1 aromatic carbocycles. The molecule has 0 amide bonds. The van der Waals surface area contributed by atoms with Gasteiger partial charge in [-0.25, -0.2) is 15.0 Å². The minimum absolute atomic E-state index is 0.700. The Morgan fingerprint density at radius 3 is 3.00 bits per heavy atom. The average Bonchev–Trinajstić information content (AvgIpc) is 3.14. The van der Waals surface area contributed by atoms with Crippen molar-refractivity contribution in [2.45, 2.75) is 26.2 Å². The van der Waals surface area contributed by atoms with E-state index in [9.17, 15) is 0 Å². The average molecular weight is 280 g/mol. The van der Waals surface area contributed by atoms with Crippen LogP contribution in [0.3, 0.4) is 0 Å². The minimum Gasteiger partial charge on any atom is -0.494 e. The molecule has 5 heteroatoms. The van der Waals surface area contributed by atoms with E-state index in [1.165, 1.54) is 23.9 Å². The molecule has 21 heavy (non-hydrogen) atoms. The molecule has 0 fully saturated rings. The highest BCUT2D eigenvalue weighted by molar-refractivity contribution is 5.77. The molecule has 1 N–H and O–H groups in total. The number of nitrogens with one attached hydrogen (secondary N) is 1. The van der Waals surface area contributed by atoms with E-state index in [1.54, 1.807) is 6.20 Å². The number of benzene rings is 1.